The van der Waals surface area contributed by atoms with Crippen LogP contribution in [-0.4, -0.2) is 39.4 Å². The van der Waals surface area contributed by atoms with Crippen molar-refractivity contribution in [1.82, 2.24) is 9.62 Å². The van der Waals surface area contributed by atoms with E-state index in [0.717, 1.165) is 18.5 Å². The first kappa shape index (κ1) is 16.1. The standard InChI is InChI=1S/C14H24N2O2S/c1-5-10-15-12(2)11-13-8-6-7-9-14(13)19(17,18)16(3)4/h6-9,12,15H,5,10-11H2,1-4H3. The smallest absolute Gasteiger partial charge is 0.242 e. The molecule has 1 unspecified atom stereocenters. The molecule has 5 heteroatoms. The van der Waals surface area contributed by atoms with Crippen LogP contribution in [0.4, 0.5) is 0 Å². The van der Waals surface area contributed by atoms with Crippen LogP contribution in [0.2, 0.25) is 0 Å². The fourth-order valence-corrected chi connectivity index (χ4v) is 3.04. The summed E-state index contributed by atoms with van der Waals surface area (Å²) < 4.78 is 25.8. The first-order chi connectivity index (χ1) is 8.89. The normalized spacial score (nSPS) is 13.7. The molecule has 1 rings (SSSR count). The molecule has 0 aromatic heterocycles. The molecule has 0 aliphatic carbocycles. The van der Waals surface area contributed by atoms with Crippen molar-refractivity contribution >= 4 is 10.0 Å². The minimum atomic E-state index is -3.37. The van der Waals surface area contributed by atoms with Gasteiger partial charge in [0, 0.05) is 20.1 Å². The maximum Gasteiger partial charge on any atom is 0.242 e. The van der Waals surface area contributed by atoms with Crippen LogP contribution in [0.1, 0.15) is 25.8 Å². The average Bonchev–Trinajstić information content (AvgIpc) is 2.36. The number of sulfonamides is 1. The fourth-order valence-electron chi connectivity index (χ4n) is 1.91. The Balaban J connectivity index is 2.97. The summed E-state index contributed by atoms with van der Waals surface area (Å²) in [6, 6.07) is 7.48. The van der Waals surface area contributed by atoms with Crippen LogP contribution in [-0.2, 0) is 16.4 Å². The number of benzene rings is 1. The van der Waals surface area contributed by atoms with Crippen LogP contribution in [0.25, 0.3) is 0 Å². The monoisotopic (exact) mass is 284 g/mol. The van der Waals surface area contributed by atoms with Crippen molar-refractivity contribution in [3.8, 4) is 0 Å². The van der Waals surface area contributed by atoms with Crippen molar-refractivity contribution in [2.24, 2.45) is 0 Å². The van der Waals surface area contributed by atoms with Gasteiger partial charge in [0.2, 0.25) is 10.0 Å². The summed E-state index contributed by atoms with van der Waals surface area (Å²) >= 11 is 0. The number of nitrogens with zero attached hydrogens (tertiary/aromatic N) is 1. The van der Waals surface area contributed by atoms with E-state index in [4.69, 9.17) is 0 Å². The summed E-state index contributed by atoms with van der Waals surface area (Å²) in [6.45, 7) is 5.14. The Morgan fingerprint density at radius 3 is 2.47 bits per heavy atom. The second kappa shape index (κ2) is 7.03. The molecule has 19 heavy (non-hydrogen) atoms. The summed E-state index contributed by atoms with van der Waals surface area (Å²) in [7, 11) is -0.247. The lowest BCUT2D eigenvalue weighted by Gasteiger charge is -2.18. The summed E-state index contributed by atoms with van der Waals surface area (Å²) in [4.78, 5) is 0.408. The van der Waals surface area contributed by atoms with E-state index in [9.17, 15) is 8.42 Å². The number of rotatable bonds is 7. The van der Waals surface area contributed by atoms with E-state index in [-0.39, 0.29) is 6.04 Å². The zero-order valence-electron chi connectivity index (χ0n) is 12.2. The van der Waals surface area contributed by atoms with E-state index in [0.29, 0.717) is 11.3 Å². The van der Waals surface area contributed by atoms with E-state index in [1.54, 1.807) is 26.2 Å². The molecule has 0 heterocycles. The highest BCUT2D eigenvalue weighted by atomic mass is 32.2. The van der Waals surface area contributed by atoms with Gasteiger partial charge in [0.05, 0.1) is 4.90 Å². The van der Waals surface area contributed by atoms with Crippen LogP contribution in [0, 0.1) is 0 Å². The van der Waals surface area contributed by atoms with Gasteiger partial charge in [-0.05, 0) is 37.9 Å². The van der Waals surface area contributed by atoms with Crippen LogP contribution in [0.5, 0.6) is 0 Å². The molecule has 0 radical (unpaired) electrons. The van der Waals surface area contributed by atoms with Gasteiger partial charge in [0.1, 0.15) is 0 Å². The summed E-state index contributed by atoms with van der Waals surface area (Å²) in [6.07, 6.45) is 1.78. The van der Waals surface area contributed by atoms with E-state index >= 15 is 0 Å². The van der Waals surface area contributed by atoms with Crippen LogP contribution in [0.15, 0.2) is 29.2 Å². The first-order valence-corrected chi connectivity index (χ1v) is 8.07. The van der Waals surface area contributed by atoms with E-state index in [1.807, 2.05) is 12.1 Å². The Morgan fingerprint density at radius 1 is 1.26 bits per heavy atom. The van der Waals surface area contributed by atoms with Gasteiger partial charge in [-0.2, -0.15) is 0 Å². The van der Waals surface area contributed by atoms with Crippen LogP contribution < -0.4 is 5.32 Å². The molecule has 0 aliphatic heterocycles. The van der Waals surface area contributed by atoms with Crippen molar-refractivity contribution < 1.29 is 8.42 Å². The lowest BCUT2D eigenvalue weighted by Crippen LogP contribution is -2.30. The minimum absolute atomic E-state index is 0.262. The quantitative estimate of drug-likeness (QED) is 0.831. The zero-order chi connectivity index (χ0) is 14.5. The molecule has 0 bridgehead atoms. The second-order valence-electron chi connectivity index (χ2n) is 4.95. The number of nitrogens with one attached hydrogen (secondary N) is 1. The Bertz CT molecular complexity index is 498. The van der Waals surface area contributed by atoms with Gasteiger partial charge in [-0.3, -0.25) is 0 Å². The first-order valence-electron chi connectivity index (χ1n) is 6.63. The predicted octanol–water partition coefficient (Wildman–Crippen LogP) is 1.87. The van der Waals surface area contributed by atoms with Gasteiger partial charge in [0.25, 0.3) is 0 Å². The fraction of sp³-hybridized carbons (Fsp3) is 0.571. The van der Waals surface area contributed by atoms with Crippen molar-refractivity contribution in [1.29, 1.82) is 0 Å². The van der Waals surface area contributed by atoms with E-state index in [1.165, 1.54) is 4.31 Å². The van der Waals surface area contributed by atoms with Crippen molar-refractivity contribution in [2.75, 3.05) is 20.6 Å². The topological polar surface area (TPSA) is 49.4 Å². The summed E-state index contributed by atoms with van der Waals surface area (Å²) in [5, 5.41) is 3.38. The van der Waals surface area contributed by atoms with Crippen LogP contribution >= 0.6 is 0 Å². The predicted molar refractivity (Wildman–Crippen MR) is 78.8 cm³/mol. The molecule has 0 amide bonds. The Labute approximate surface area is 116 Å². The molecule has 4 nitrogen and oxygen atoms in total. The lowest BCUT2D eigenvalue weighted by atomic mass is 10.1. The molecule has 0 fully saturated rings. The largest absolute Gasteiger partial charge is 0.314 e. The second-order valence-corrected chi connectivity index (χ2v) is 7.07. The molecule has 0 saturated carbocycles. The molecule has 1 atom stereocenters. The Kier molecular flexibility index (Phi) is 5.97. The molecular formula is C14H24N2O2S. The molecule has 108 valence electrons. The van der Waals surface area contributed by atoms with Gasteiger partial charge < -0.3 is 5.32 Å². The van der Waals surface area contributed by atoms with E-state index in [2.05, 4.69) is 19.2 Å². The van der Waals surface area contributed by atoms with Gasteiger partial charge in [-0.15, -0.1) is 0 Å². The van der Waals surface area contributed by atoms with Crippen LogP contribution in [0.3, 0.4) is 0 Å². The minimum Gasteiger partial charge on any atom is -0.314 e. The third kappa shape index (κ3) is 4.30. The van der Waals surface area contributed by atoms with Crippen molar-refractivity contribution in [3.63, 3.8) is 0 Å². The molecule has 0 saturated heterocycles. The van der Waals surface area contributed by atoms with E-state index < -0.39 is 10.0 Å². The third-order valence-electron chi connectivity index (χ3n) is 3.00. The highest BCUT2D eigenvalue weighted by Crippen LogP contribution is 2.19. The molecule has 1 N–H and O–H groups in total. The highest BCUT2D eigenvalue weighted by Gasteiger charge is 2.21. The number of hydrogen-bond donors (Lipinski definition) is 1. The molecule has 0 spiro atoms. The maximum atomic E-state index is 12.3. The molecule has 1 aromatic carbocycles. The molecule has 1 aromatic rings. The third-order valence-corrected chi connectivity index (χ3v) is 4.92. The average molecular weight is 284 g/mol. The Hall–Kier alpha value is -0.910. The Morgan fingerprint density at radius 2 is 1.89 bits per heavy atom. The maximum absolute atomic E-state index is 12.3. The van der Waals surface area contributed by atoms with Gasteiger partial charge in [-0.25, -0.2) is 12.7 Å². The number of hydrogen-bond acceptors (Lipinski definition) is 3. The van der Waals surface area contributed by atoms with Crippen molar-refractivity contribution in [3.05, 3.63) is 29.8 Å². The molecule has 0 aliphatic rings. The summed E-state index contributed by atoms with van der Waals surface area (Å²) in [5.74, 6) is 0. The van der Waals surface area contributed by atoms with Crippen molar-refractivity contribution in [2.45, 2.75) is 37.6 Å². The van der Waals surface area contributed by atoms with Gasteiger partial charge in [-0.1, -0.05) is 25.1 Å². The molecular weight excluding hydrogens is 260 g/mol. The lowest BCUT2D eigenvalue weighted by molar-refractivity contribution is 0.514. The summed E-state index contributed by atoms with van der Waals surface area (Å²) in [5.41, 5.74) is 0.868. The SMILES string of the molecule is CCCNC(C)Cc1ccccc1S(=O)(=O)N(C)C. The zero-order valence-corrected chi connectivity index (χ0v) is 13.0. The van der Waals surface area contributed by atoms with Gasteiger partial charge in [0.15, 0.2) is 0 Å². The highest BCUT2D eigenvalue weighted by molar-refractivity contribution is 7.89. The van der Waals surface area contributed by atoms with Gasteiger partial charge >= 0.3 is 0 Å².